The summed E-state index contributed by atoms with van der Waals surface area (Å²) in [6.07, 6.45) is 2.17. The van der Waals surface area contributed by atoms with Crippen molar-refractivity contribution in [1.82, 2.24) is 10.2 Å². The van der Waals surface area contributed by atoms with Gasteiger partial charge in [0.1, 0.15) is 6.04 Å². The zero-order valence-corrected chi connectivity index (χ0v) is 14.3. The van der Waals surface area contributed by atoms with Crippen LogP contribution in [0.5, 0.6) is 0 Å². The van der Waals surface area contributed by atoms with Crippen LogP contribution in [0.2, 0.25) is 0 Å². The van der Waals surface area contributed by atoms with Crippen molar-refractivity contribution < 1.29 is 9.34 Å². The minimum Gasteiger partial charge on any atom is -0.418 e. The molecule has 2 heterocycles. The second-order valence-corrected chi connectivity index (χ2v) is 6.35. The molecule has 1 aliphatic heterocycles. The van der Waals surface area contributed by atoms with Gasteiger partial charge >= 0.3 is 0 Å². The smallest absolute Gasteiger partial charge is 0.269 e. The van der Waals surface area contributed by atoms with Crippen molar-refractivity contribution in [3.8, 4) is 11.5 Å². The maximum absolute atomic E-state index is 10.8. The predicted molar refractivity (Wildman–Crippen MR) is 96.9 cm³/mol. The third-order valence-corrected chi connectivity index (χ3v) is 4.74. The number of benzene rings is 2. The first-order valence-electron chi connectivity index (χ1n) is 8.56. The van der Waals surface area contributed by atoms with Crippen LogP contribution in [-0.2, 0) is 6.42 Å². The second kappa shape index (κ2) is 6.59. The first kappa shape index (κ1) is 16.3. The molecule has 0 bridgehead atoms. The fraction of sp³-hybridized carbons (Fsp3) is 0.263. The largest absolute Gasteiger partial charge is 0.418 e. The van der Waals surface area contributed by atoms with Gasteiger partial charge in [-0.2, -0.15) is 0 Å². The lowest BCUT2D eigenvalue weighted by Gasteiger charge is -2.34. The maximum atomic E-state index is 10.8. The number of aromatic nitrogens is 2. The molecule has 0 saturated heterocycles. The molecule has 0 fully saturated rings. The Kier molecular flexibility index (Phi) is 4.12. The highest BCUT2D eigenvalue weighted by Gasteiger charge is 2.26. The third kappa shape index (κ3) is 2.92. The average molecular weight is 350 g/mol. The van der Waals surface area contributed by atoms with Crippen LogP contribution in [0.1, 0.15) is 30.8 Å². The van der Waals surface area contributed by atoms with E-state index in [4.69, 9.17) is 4.42 Å². The summed E-state index contributed by atoms with van der Waals surface area (Å²) in [5, 5.41) is 19.1. The number of para-hydroxylation sites is 1. The van der Waals surface area contributed by atoms with Crippen LogP contribution >= 0.6 is 0 Å². The van der Waals surface area contributed by atoms with Crippen molar-refractivity contribution in [2.45, 2.75) is 25.8 Å². The van der Waals surface area contributed by atoms with Gasteiger partial charge in [0.05, 0.1) is 4.92 Å². The van der Waals surface area contributed by atoms with Crippen LogP contribution < -0.4 is 4.90 Å². The Labute approximate surface area is 150 Å². The van der Waals surface area contributed by atoms with Crippen molar-refractivity contribution in [2.75, 3.05) is 11.4 Å². The average Bonchev–Trinajstić information content (AvgIpc) is 3.17. The van der Waals surface area contributed by atoms with Gasteiger partial charge in [-0.05, 0) is 43.5 Å². The molecule has 2 aromatic carbocycles. The molecule has 1 aliphatic rings. The van der Waals surface area contributed by atoms with Crippen molar-refractivity contribution in [2.24, 2.45) is 0 Å². The SMILES string of the molecule is CC(c1nnc(-c2ccc([N+](=O)[O-])cc2)o1)N1CCCc2ccccc21. The lowest BCUT2D eigenvalue weighted by atomic mass is 10.0. The number of nitrogens with zero attached hydrogens (tertiary/aromatic N) is 4. The summed E-state index contributed by atoms with van der Waals surface area (Å²) in [7, 11) is 0. The van der Waals surface area contributed by atoms with Crippen LogP contribution in [0.25, 0.3) is 11.5 Å². The summed E-state index contributed by atoms with van der Waals surface area (Å²) < 4.78 is 5.87. The molecule has 1 atom stereocenters. The van der Waals surface area contributed by atoms with E-state index in [9.17, 15) is 10.1 Å². The normalized spacial score (nSPS) is 14.7. The molecule has 1 unspecified atom stereocenters. The van der Waals surface area contributed by atoms with Gasteiger partial charge in [0.25, 0.3) is 5.69 Å². The molecule has 3 aromatic rings. The Morgan fingerprint density at radius 1 is 1.15 bits per heavy atom. The fourth-order valence-corrected chi connectivity index (χ4v) is 3.34. The Balaban J connectivity index is 1.59. The summed E-state index contributed by atoms with van der Waals surface area (Å²) in [5.41, 5.74) is 3.24. The van der Waals surface area contributed by atoms with E-state index in [0.29, 0.717) is 17.3 Å². The summed E-state index contributed by atoms with van der Waals surface area (Å²) in [4.78, 5) is 12.6. The van der Waals surface area contributed by atoms with Gasteiger partial charge in [0.15, 0.2) is 0 Å². The lowest BCUT2D eigenvalue weighted by molar-refractivity contribution is -0.384. The van der Waals surface area contributed by atoms with E-state index in [1.807, 2.05) is 6.07 Å². The lowest BCUT2D eigenvalue weighted by Crippen LogP contribution is -2.32. The molecular weight excluding hydrogens is 332 g/mol. The van der Waals surface area contributed by atoms with Gasteiger partial charge in [0.2, 0.25) is 11.8 Å². The number of hydrogen-bond acceptors (Lipinski definition) is 6. The molecule has 7 heteroatoms. The molecule has 0 aliphatic carbocycles. The van der Waals surface area contributed by atoms with Crippen LogP contribution in [0.4, 0.5) is 11.4 Å². The molecule has 0 saturated carbocycles. The third-order valence-electron chi connectivity index (χ3n) is 4.74. The quantitative estimate of drug-likeness (QED) is 0.519. The monoisotopic (exact) mass is 350 g/mol. The van der Waals surface area contributed by atoms with E-state index in [1.54, 1.807) is 12.1 Å². The van der Waals surface area contributed by atoms with Gasteiger partial charge in [-0.1, -0.05) is 18.2 Å². The van der Waals surface area contributed by atoms with E-state index >= 15 is 0 Å². The number of nitro benzene ring substituents is 1. The highest BCUT2D eigenvalue weighted by molar-refractivity contribution is 5.57. The van der Waals surface area contributed by atoms with Crippen LogP contribution in [0, 0.1) is 10.1 Å². The Morgan fingerprint density at radius 2 is 1.92 bits per heavy atom. The van der Waals surface area contributed by atoms with Crippen molar-refractivity contribution >= 4 is 11.4 Å². The first-order chi connectivity index (χ1) is 12.6. The maximum Gasteiger partial charge on any atom is 0.269 e. The van der Waals surface area contributed by atoms with Crippen molar-refractivity contribution in [3.63, 3.8) is 0 Å². The van der Waals surface area contributed by atoms with E-state index in [2.05, 4.69) is 40.2 Å². The number of aryl methyl sites for hydroxylation is 1. The highest BCUT2D eigenvalue weighted by atomic mass is 16.6. The van der Waals surface area contributed by atoms with Crippen LogP contribution in [-0.4, -0.2) is 21.7 Å². The van der Waals surface area contributed by atoms with Gasteiger partial charge in [0, 0.05) is 29.9 Å². The van der Waals surface area contributed by atoms with Crippen molar-refractivity contribution in [1.29, 1.82) is 0 Å². The van der Waals surface area contributed by atoms with E-state index in [-0.39, 0.29) is 11.7 Å². The van der Waals surface area contributed by atoms with Gasteiger partial charge in [-0.3, -0.25) is 10.1 Å². The molecule has 0 amide bonds. The predicted octanol–water partition coefficient (Wildman–Crippen LogP) is 4.16. The number of anilines is 1. The zero-order chi connectivity index (χ0) is 18.1. The molecule has 26 heavy (non-hydrogen) atoms. The summed E-state index contributed by atoms with van der Waals surface area (Å²) in [6, 6.07) is 14.4. The van der Waals surface area contributed by atoms with Gasteiger partial charge in [-0.25, -0.2) is 0 Å². The minimum absolute atomic E-state index is 0.0341. The number of fused-ring (bicyclic) bond motifs is 1. The van der Waals surface area contributed by atoms with Gasteiger partial charge in [-0.15, -0.1) is 10.2 Å². The highest BCUT2D eigenvalue weighted by Crippen LogP contribution is 2.34. The van der Waals surface area contributed by atoms with E-state index < -0.39 is 4.92 Å². The summed E-state index contributed by atoms with van der Waals surface area (Å²) in [5.74, 6) is 0.905. The minimum atomic E-state index is -0.432. The topological polar surface area (TPSA) is 85.3 Å². The van der Waals surface area contributed by atoms with Crippen LogP contribution in [0.3, 0.4) is 0 Å². The Morgan fingerprint density at radius 3 is 2.69 bits per heavy atom. The molecule has 0 radical (unpaired) electrons. The molecule has 0 N–H and O–H groups in total. The number of non-ortho nitro benzene ring substituents is 1. The van der Waals surface area contributed by atoms with Crippen molar-refractivity contribution in [3.05, 3.63) is 70.1 Å². The number of rotatable bonds is 4. The number of hydrogen-bond donors (Lipinski definition) is 0. The second-order valence-electron chi connectivity index (χ2n) is 6.35. The Bertz CT molecular complexity index is 936. The molecular formula is C19H18N4O3. The van der Waals surface area contributed by atoms with E-state index in [0.717, 1.165) is 19.4 Å². The molecule has 4 rings (SSSR count). The van der Waals surface area contributed by atoms with Crippen LogP contribution in [0.15, 0.2) is 52.9 Å². The summed E-state index contributed by atoms with van der Waals surface area (Å²) in [6.45, 7) is 2.99. The van der Waals surface area contributed by atoms with Gasteiger partial charge < -0.3 is 9.32 Å². The summed E-state index contributed by atoms with van der Waals surface area (Å²) >= 11 is 0. The first-order valence-corrected chi connectivity index (χ1v) is 8.56. The zero-order valence-electron chi connectivity index (χ0n) is 14.3. The molecule has 1 aromatic heterocycles. The number of nitro groups is 1. The standard InChI is InChI=1S/C19H18N4O3/c1-13(22-12-4-6-14-5-2-3-7-17(14)22)18-20-21-19(26-18)15-8-10-16(11-9-15)23(24)25/h2-3,5,7-11,13H,4,6,12H2,1H3. The molecule has 132 valence electrons. The Hall–Kier alpha value is -3.22. The fourth-order valence-electron chi connectivity index (χ4n) is 3.34. The van der Waals surface area contributed by atoms with E-state index in [1.165, 1.54) is 23.4 Å². The molecule has 0 spiro atoms. The molecule has 7 nitrogen and oxygen atoms in total.